The number of pyridine rings is 1. The predicted octanol–water partition coefficient (Wildman–Crippen LogP) is 6.24. The number of ether oxygens (including phenoxy) is 1. The molecule has 7 heteroatoms. The summed E-state index contributed by atoms with van der Waals surface area (Å²) in [7, 11) is 1.62. The van der Waals surface area contributed by atoms with Crippen LogP contribution in [0, 0.1) is 12.8 Å². The number of aromatic nitrogens is 3. The van der Waals surface area contributed by atoms with Crippen LogP contribution in [0.15, 0.2) is 42.6 Å². The number of methoxy groups -OCH3 is 1. The lowest BCUT2D eigenvalue weighted by Crippen LogP contribution is -2.38. The maximum Gasteiger partial charge on any atom is 0.230 e. The number of rotatable bonds is 10. The largest absolute Gasteiger partial charge is 0.481 e. The van der Waals surface area contributed by atoms with E-state index < -0.39 is 0 Å². The van der Waals surface area contributed by atoms with Gasteiger partial charge in [0.1, 0.15) is 10.0 Å². The number of hydrogen-bond donors (Lipinski definition) is 0. The van der Waals surface area contributed by atoms with Crippen molar-refractivity contribution in [2.45, 2.75) is 64.7 Å². The number of aryl methyl sites for hydroxylation is 2. The van der Waals surface area contributed by atoms with Crippen LogP contribution in [-0.2, 0) is 11.2 Å². The summed E-state index contributed by atoms with van der Waals surface area (Å²) >= 11 is 1.67. The fraction of sp³-hybridized carbons (Fsp3) is 0.481. The summed E-state index contributed by atoms with van der Waals surface area (Å²) in [6, 6.07) is 12.2. The summed E-state index contributed by atoms with van der Waals surface area (Å²) < 4.78 is 5.30. The van der Waals surface area contributed by atoms with E-state index in [1.807, 2.05) is 30.0 Å². The van der Waals surface area contributed by atoms with Crippen LogP contribution in [0.2, 0.25) is 0 Å². The summed E-state index contributed by atoms with van der Waals surface area (Å²) in [6.07, 6.45) is 11.4. The van der Waals surface area contributed by atoms with E-state index in [9.17, 15) is 4.79 Å². The first-order valence-electron chi connectivity index (χ1n) is 12.3. The third kappa shape index (κ3) is 6.41. The second kappa shape index (κ2) is 12.1. The van der Waals surface area contributed by atoms with Crippen molar-refractivity contribution in [1.82, 2.24) is 15.2 Å². The van der Waals surface area contributed by atoms with Crippen LogP contribution in [0.25, 0.3) is 11.1 Å². The highest BCUT2D eigenvalue weighted by Crippen LogP contribution is 2.31. The SMILES string of the molecule is COc1cc(-c2cccc(N(CCCCCc3nnc(C)s3)C(=O)C3CCCCC3)c2)ccn1. The number of amides is 1. The monoisotopic (exact) mass is 478 g/mol. The zero-order valence-electron chi connectivity index (χ0n) is 20.2. The molecule has 0 bridgehead atoms. The average Bonchev–Trinajstić information content (AvgIpc) is 3.31. The minimum absolute atomic E-state index is 0.141. The van der Waals surface area contributed by atoms with Crippen LogP contribution in [0.1, 0.15) is 61.4 Å². The summed E-state index contributed by atoms with van der Waals surface area (Å²) in [6.45, 7) is 2.74. The first kappa shape index (κ1) is 24.3. The van der Waals surface area contributed by atoms with E-state index in [0.717, 1.165) is 84.7 Å². The minimum Gasteiger partial charge on any atom is -0.481 e. The third-order valence-electron chi connectivity index (χ3n) is 6.50. The Morgan fingerprint density at radius 1 is 1.06 bits per heavy atom. The molecule has 2 heterocycles. The molecule has 0 aliphatic heterocycles. The lowest BCUT2D eigenvalue weighted by atomic mass is 9.88. The third-order valence-corrected chi connectivity index (χ3v) is 7.39. The van der Waals surface area contributed by atoms with Gasteiger partial charge in [-0.25, -0.2) is 4.98 Å². The highest BCUT2D eigenvalue weighted by atomic mass is 32.1. The van der Waals surface area contributed by atoms with Crippen LogP contribution >= 0.6 is 11.3 Å². The smallest absolute Gasteiger partial charge is 0.230 e. The van der Waals surface area contributed by atoms with E-state index in [2.05, 4.69) is 33.4 Å². The number of hydrogen-bond acceptors (Lipinski definition) is 6. The van der Waals surface area contributed by atoms with Gasteiger partial charge in [-0.05, 0) is 61.9 Å². The lowest BCUT2D eigenvalue weighted by molar-refractivity contribution is -0.123. The summed E-state index contributed by atoms with van der Waals surface area (Å²) in [5.41, 5.74) is 3.07. The average molecular weight is 479 g/mol. The van der Waals surface area contributed by atoms with Crippen LogP contribution in [0.3, 0.4) is 0 Å². The van der Waals surface area contributed by atoms with Crippen molar-refractivity contribution in [1.29, 1.82) is 0 Å². The quantitative estimate of drug-likeness (QED) is 0.323. The molecule has 0 spiro atoms. The molecule has 1 aliphatic rings. The summed E-state index contributed by atoms with van der Waals surface area (Å²) in [5, 5.41) is 10.5. The molecule has 6 nitrogen and oxygen atoms in total. The first-order chi connectivity index (χ1) is 16.6. The molecule has 1 amide bonds. The zero-order valence-corrected chi connectivity index (χ0v) is 21.0. The van der Waals surface area contributed by atoms with Gasteiger partial charge in [-0.15, -0.1) is 21.5 Å². The van der Waals surface area contributed by atoms with Crippen molar-refractivity contribution in [2.75, 3.05) is 18.6 Å². The molecule has 1 aliphatic carbocycles. The summed E-state index contributed by atoms with van der Waals surface area (Å²) in [4.78, 5) is 19.9. The Balaban J connectivity index is 1.47. The molecule has 0 unspecified atom stereocenters. The molecular formula is C27H34N4O2S. The Kier molecular flexibility index (Phi) is 8.63. The topological polar surface area (TPSA) is 68.2 Å². The second-order valence-corrected chi connectivity index (χ2v) is 10.3. The van der Waals surface area contributed by atoms with Crippen LogP contribution in [0.5, 0.6) is 5.88 Å². The van der Waals surface area contributed by atoms with Crippen molar-refractivity contribution >= 4 is 22.9 Å². The van der Waals surface area contributed by atoms with Gasteiger partial charge >= 0.3 is 0 Å². The number of carbonyl (C=O) groups is 1. The Morgan fingerprint density at radius 2 is 1.88 bits per heavy atom. The fourth-order valence-corrected chi connectivity index (χ4v) is 5.40. The van der Waals surface area contributed by atoms with Gasteiger partial charge in [0.15, 0.2) is 0 Å². The van der Waals surface area contributed by atoms with E-state index in [0.29, 0.717) is 5.88 Å². The predicted molar refractivity (Wildman–Crippen MR) is 137 cm³/mol. The highest BCUT2D eigenvalue weighted by molar-refractivity contribution is 7.11. The molecule has 0 saturated heterocycles. The van der Waals surface area contributed by atoms with E-state index >= 15 is 0 Å². The van der Waals surface area contributed by atoms with E-state index in [1.165, 1.54) is 6.42 Å². The minimum atomic E-state index is 0.141. The molecule has 0 radical (unpaired) electrons. The zero-order chi connectivity index (χ0) is 23.8. The molecule has 2 aromatic heterocycles. The van der Waals surface area contributed by atoms with E-state index in [-0.39, 0.29) is 11.8 Å². The molecule has 1 aromatic carbocycles. The number of carbonyl (C=O) groups excluding carboxylic acids is 1. The van der Waals surface area contributed by atoms with Gasteiger partial charge < -0.3 is 9.64 Å². The van der Waals surface area contributed by atoms with E-state index in [1.54, 1.807) is 24.6 Å². The second-order valence-electron chi connectivity index (χ2n) is 8.99. The first-order valence-corrected chi connectivity index (χ1v) is 13.2. The number of benzene rings is 1. The molecular weight excluding hydrogens is 444 g/mol. The lowest BCUT2D eigenvalue weighted by Gasteiger charge is -2.30. The van der Waals surface area contributed by atoms with Crippen molar-refractivity contribution in [3.05, 3.63) is 52.6 Å². The van der Waals surface area contributed by atoms with Crippen molar-refractivity contribution in [3.8, 4) is 17.0 Å². The van der Waals surface area contributed by atoms with E-state index in [4.69, 9.17) is 4.74 Å². The molecule has 3 aromatic rings. The Hall–Kier alpha value is -2.80. The molecule has 1 fully saturated rings. The maximum atomic E-state index is 13.6. The Morgan fingerprint density at radius 3 is 2.65 bits per heavy atom. The highest BCUT2D eigenvalue weighted by Gasteiger charge is 2.27. The number of nitrogens with zero attached hydrogens (tertiary/aromatic N) is 4. The Bertz CT molecular complexity index is 1080. The molecule has 34 heavy (non-hydrogen) atoms. The standard InChI is InChI=1S/C27H34N4O2S/c1-20-29-30-26(34-20)14-7-4-8-17-31(27(32)21-10-5-3-6-11-21)24-13-9-12-22(18-24)23-15-16-28-25(19-23)33-2/h9,12-13,15-16,18-19,21H,3-8,10-11,14,17H2,1-2H3. The van der Waals surface area contributed by atoms with Gasteiger partial charge in [-0.2, -0.15) is 0 Å². The number of unbranched alkanes of at least 4 members (excludes halogenated alkanes) is 2. The van der Waals surface area contributed by atoms with Crippen molar-refractivity contribution in [2.24, 2.45) is 5.92 Å². The van der Waals surface area contributed by atoms with Gasteiger partial charge in [0.2, 0.25) is 11.8 Å². The normalized spacial score (nSPS) is 14.2. The molecule has 4 rings (SSSR count). The Labute approximate surface area is 206 Å². The van der Waals surface area contributed by atoms with Gasteiger partial charge in [0, 0.05) is 36.8 Å². The van der Waals surface area contributed by atoms with Crippen LogP contribution in [0.4, 0.5) is 5.69 Å². The van der Waals surface area contributed by atoms with Gasteiger partial charge in [0.25, 0.3) is 0 Å². The molecule has 0 atom stereocenters. The van der Waals surface area contributed by atoms with Gasteiger partial charge in [0.05, 0.1) is 7.11 Å². The van der Waals surface area contributed by atoms with Crippen LogP contribution in [-0.4, -0.2) is 34.7 Å². The van der Waals surface area contributed by atoms with Crippen molar-refractivity contribution < 1.29 is 9.53 Å². The summed E-state index contributed by atoms with van der Waals surface area (Å²) in [5.74, 6) is 1.01. The molecule has 180 valence electrons. The fourth-order valence-electron chi connectivity index (χ4n) is 4.65. The molecule has 1 saturated carbocycles. The maximum absolute atomic E-state index is 13.6. The number of anilines is 1. The van der Waals surface area contributed by atoms with Crippen molar-refractivity contribution in [3.63, 3.8) is 0 Å². The van der Waals surface area contributed by atoms with Gasteiger partial charge in [-0.3, -0.25) is 4.79 Å². The van der Waals surface area contributed by atoms with Crippen LogP contribution < -0.4 is 9.64 Å². The molecule has 0 N–H and O–H groups in total. The van der Waals surface area contributed by atoms with Gasteiger partial charge in [-0.1, -0.05) is 37.8 Å².